The highest BCUT2D eigenvalue weighted by Gasteiger charge is 2.64. The van der Waals surface area contributed by atoms with Gasteiger partial charge in [0.25, 0.3) is 0 Å². The van der Waals surface area contributed by atoms with Crippen LogP contribution >= 0.6 is 12.4 Å². The van der Waals surface area contributed by atoms with E-state index in [9.17, 15) is 27.2 Å². The first kappa shape index (κ1) is 18.9. The fraction of sp³-hybridized carbons (Fsp3) is 0.800. The lowest BCUT2D eigenvalue weighted by atomic mass is 10.1. The maximum Gasteiger partial charge on any atom is 0.329 e. The maximum absolute atomic E-state index is 12.9. The Morgan fingerprint density at radius 1 is 1.15 bits per heavy atom. The lowest BCUT2D eigenvalue weighted by Gasteiger charge is -2.19. The molecule has 10 heteroatoms. The molecule has 1 aliphatic heterocycles. The van der Waals surface area contributed by atoms with Gasteiger partial charge >= 0.3 is 11.8 Å². The molecule has 0 aromatic rings. The van der Waals surface area contributed by atoms with E-state index < -0.39 is 42.8 Å². The summed E-state index contributed by atoms with van der Waals surface area (Å²) in [5.74, 6) is -10.0. The molecule has 1 atom stereocenters. The number of hydrogen-bond donors (Lipinski definition) is 2. The normalized spacial score (nSPS) is 21.1. The van der Waals surface area contributed by atoms with Gasteiger partial charge in [0.15, 0.2) is 0 Å². The van der Waals surface area contributed by atoms with Crippen LogP contribution in [0.25, 0.3) is 0 Å². The Hall–Kier alpha value is -1.09. The number of rotatable bonds is 5. The van der Waals surface area contributed by atoms with Crippen molar-refractivity contribution in [3.8, 4) is 0 Å². The Kier molecular flexibility index (Phi) is 6.22. The minimum absolute atomic E-state index is 0. The zero-order chi connectivity index (χ0) is 14.8. The van der Waals surface area contributed by atoms with Crippen LogP contribution in [0.5, 0.6) is 0 Å². The molecular weight excluding hydrogens is 306 g/mol. The van der Waals surface area contributed by atoms with Gasteiger partial charge in [0.1, 0.15) is 0 Å². The molecule has 0 aromatic heterocycles. The van der Waals surface area contributed by atoms with Gasteiger partial charge in [-0.25, -0.2) is 0 Å². The lowest BCUT2D eigenvalue weighted by molar-refractivity contribution is -0.172. The molecule has 0 spiro atoms. The summed E-state index contributed by atoms with van der Waals surface area (Å²) in [6.07, 6.45) is 0.214. The molecule has 1 aliphatic rings. The summed E-state index contributed by atoms with van der Waals surface area (Å²) in [7, 11) is 0. The molecular formula is C10H16ClF4N3O2. The predicted molar refractivity (Wildman–Crippen MR) is 64.7 cm³/mol. The summed E-state index contributed by atoms with van der Waals surface area (Å²) in [6.45, 7) is -2.69. The quantitative estimate of drug-likeness (QED) is 0.723. The minimum Gasteiger partial charge on any atom is -0.370 e. The van der Waals surface area contributed by atoms with Crippen molar-refractivity contribution < 1.29 is 27.2 Å². The molecule has 1 saturated heterocycles. The summed E-state index contributed by atoms with van der Waals surface area (Å²) in [5.41, 5.74) is 10.3. The Labute approximate surface area is 119 Å². The van der Waals surface area contributed by atoms with Gasteiger partial charge in [-0.1, -0.05) is 0 Å². The lowest BCUT2D eigenvalue weighted by Crippen LogP contribution is -2.43. The number of hydrogen-bond acceptors (Lipinski definition) is 3. The first-order valence-corrected chi connectivity index (χ1v) is 5.65. The monoisotopic (exact) mass is 321 g/mol. The van der Waals surface area contributed by atoms with Crippen molar-refractivity contribution in [1.82, 2.24) is 4.90 Å². The number of amides is 2. The van der Waals surface area contributed by atoms with Crippen molar-refractivity contribution in [3.63, 3.8) is 0 Å². The molecule has 0 aromatic carbocycles. The second-order valence-electron chi connectivity index (χ2n) is 4.57. The van der Waals surface area contributed by atoms with Crippen LogP contribution in [0.4, 0.5) is 17.6 Å². The van der Waals surface area contributed by atoms with Crippen LogP contribution in [0.15, 0.2) is 0 Å². The average molecular weight is 322 g/mol. The van der Waals surface area contributed by atoms with E-state index in [-0.39, 0.29) is 31.7 Å². The molecule has 1 fully saturated rings. The standard InChI is InChI=1S/C10H15F4N3O2.ClH/c11-9(12)4-17(5-10(9,13)14)8(19)6(15)2-1-3-7(16)18;/h6H,1-5,15H2,(H2,16,18);1H. The van der Waals surface area contributed by atoms with Crippen molar-refractivity contribution in [2.45, 2.75) is 37.1 Å². The molecule has 20 heavy (non-hydrogen) atoms. The maximum atomic E-state index is 12.9. The Morgan fingerprint density at radius 2 is 1.60 bits per heavy atom. The van der Waals surface area contributed by atoms with Crippen LogP contribution in [-0.2, 0) is 9.59 Å². The number of nitrogens with two attached hydrogens (primary N) is 2. The van der Waals surface area contributed by atoms with Crippen LogP contribution in [0.3, 0.4) is 0 Å². The second kappa shape index (κ2) is 6.57. The molecule has 0 saturated carbocycles. The fourth-order valence-corrected chi connectivity index (χ4v) is 1.78. The number of alkyl halides is 4. The number of carbonyl (C=O) groups excluding carboxylic acids is 2. The third-order valence-electron chi connectivity index (χ3n) is 2.88. The zero-order valence-corrected chi connectivity index (χ0v) is 11.3. The smallest absolute Gasteiger partial charge is 0.329 e. The van der Waals surface area contributed by atoms with E-state index in [1.165, 1.54) is 0 Å². The summed E-state index contributed by atoms with van der Waals surface area (Å²) in [6, 6.07) is -1.19. The summed E-state index contributed by atoms with van der Waals surface area (Å²) >= 11 is 0. The Bertz CT molecular complexity index is 366. The van der Waals surface area contributed by atoms with Crippen molar-refractivity contribution in [2.75, 3.05) is 13.1 Å². The molecule has 0 radical (unpaired) electrons. The highest BCUT2D eigenvalue weighted by molar-refractivity contribution is 5.85. The number of carbonyl (C=O) groups is 2. The van der Waals surface area contributed by atoms with E-state index in [4.69, 9.17) is 11.5 Å². The minimum atomic E-state index is -4.24. The zero-order valence-electron chi connectivity index (χ0n) is 10.5. The van der Waals surface area contributed by atoms with E-state index in [1.807, 2.05) is 0 Å². The molecule has 0 bridgehead atoms. The van der Waals surface area contributed by atoms with E-state index in [0.717, 1.165) is 0 Å². The van der Waals surface area contributed by atoms with Crippen molar-refractivity contribution >= 4 is 24.2 Å². The highest BCUT2D eigenvalue weighted by atomic mass is 35.5. The molecule has 1 rings (SSSR count). The second-order valence-corrected chi connectivity index (χ2v) is 4.57. The van der Waals surface area contributed by atoms with Crippen molar-refractivity contribution in [2.24, 2.45) is 11.5 Å². The van der Waals surface area contributed by atoms with Crippen LogP contribution in [-0.4, -0.2) is 47.7 Å². The topological polar surface area (TPSA) is 89.4 Å². The first-order chi connectivity index (χ1) is 8.57. The highest BCUT2D eigenvalue weighted by Crippen LogP contribution is 2.41. The predicted octanol–water partition coefficient (Wildman–Crippen LogP) is 0.504. The van der Waals surface area contributed by atoms with Gasteiger partial charge in [-0.3, -0.25) is 9.59 Å². The third-order valence-corrected chi connectivity index (χ3v) is 2.88. The van der Waals surface area contributed by atoms with Gasteiger partial charge in [0.2, 0.25) is 11.8 Å². The molecule has 0 aliphatic carbocycles. The van der Waals surface area contributed by atoms with Gasteiger partial charge in [0, 0.05) is 6.42 Å². The summed E-state index contributed by atoms with van der Waals surface area (Å²) < 4.78 is 51.6. The molecule has 4 N–H and O–H groups in total. The number of halogens is 5. The van der Waals surface area contributed by atoms with Gasteiger partial charge in [-0.2, -0.15) is 17.6 Å². The first-order valence-electron chi connectivity index (χ1n) is 5.65. The average Bonchev–Trinajstić information content (AvgIpc) is 2.46. The SMILES string of the molecule is Cl.NC(=O)CCCC(N)C(=O)N1CC(F)(F)C(F)(F)C1. The Morgan fingerprint density at radius 3 is 2.00 bits per heavy atom. The van der Waals surface area contributed by atoms with E-state index >= 15 is 0 Å². The van der Waals surface area contributed by atoms with E-state index in [1.54, 1.807) is 0 Å². The molecule has 5 nitrogen and oxygen atoms in total. The molecule has 1 heterocycles. The number of primary amides is 1. The number of likely N-dealkylation sites (tertiary alicyclic amines) is 1. The van der Waals surface area contributed by atoms with Crippen LogP contribution in [0, 0.1) is 0 Å². The van der Waals surface area contributed by atoms with Crippen molar-refractivity contribution in [3.05, 3.63) is 0 Å². The van der Waals surface area contributed by atoms with Gasteiger partial charge in [0.05, 0.1) is 19.1 Å². The molecule has 2 amide bonds. The van der Waals surface area contributed by atoms with E-state index in [0.29, 0.717) is 4.90 Å². The van der Waals surface area contributed by atoms with Crippen molar-refractivity contribution in [1.29, 1.82) is 0 Å². The largest absolute Gasteiger partial charge is 0.370 e. The van der Waals surface area contributed by atoms with Crippen LogP contribution in [0.1, 0.15) is 19.3 Å². The van der Waals surface area contributed by atoms with Gasteiger partial charge in [-0.15, -0.1) is 12.4 Å². The number of nitrogens with zero attached hydrogens (tertiary/aromatic N) is 1. The van der Waals surface area contributed by atoms with Gasteiger partial charge in [-0.05, 0) is 12.8 Å². The third kappa shape index (κ3) is 4.20. The molecule has 118 valence electrons. The van der Waals surface area contributed by atoms with Crippen LogP contribution < -0.4 is 11.5 Å². The molecule has 1 unspecified atom stereocenters. The summed E-state index contributed by atoms with van der Waals surface area (Å²) in [4.78, 5) is 22.4. The Balaban J connectivity index is 0.00000361. The summed E-state index contributed by atoms with van der Waals surface area (Å²) in [5, 5.41) is 0. The van der Waals surface area contributed by atoms with Crippen LogP contribution in [0.2, 0.25) is 0 Å². The fourth-order valence-electron chi connectivity index (χ4n) is 1.78. The van der Waals surface area contributed by atoms with E-state index in [2.05, 4.69) is 0 Å². The van der Waals surface area contributed by atoms with Gasteiger partial charge < -0.3 is 16.4 Å².